The summed E-state index contributed by atoms with van der Waals surface area (Å²) in [7, 11) is 1.72. The number of amides is 1. The minimum absolute atomic E-state index is 0.0521. The predicted octanol–water partition coefficient (Wildman–Crippen LogP) is 7.64. The predicted molar refractivity (Wildman–Crippen MR) is 177 cm³/mol. The fourth-order valence-electron chi connectivity index (χ4n) is 6.89. The van der Waals surface area contributed by atoms with E-state index in [0.717, 1.165) is 51.9 Å². The van der Waals surface area contributed by atoms with Crippen LogP contribution in [0.1, 0.15) is 90.2 Å². The Labute approximate surface area is 270 Å². The van der Waals surface area contributed by atoms with E-state index in [0.29, 0.717) is 19.6 Å². The van der Waals surface area contributed by atoms with Crippen molar-refractivity contribution in [3.63, 3.8) is 0 Å². The number of benzene rings is 1. The largest absolute Gasteiger partial charge is 0.444 e. The van der Waals surface area contributed by atoms with E-state index in [-0.39, 0.29) is 42.2 Å². The lowest BCUT2D eigenvalue weighted by Gasteiger charge is -2.48. The number of morpholine rings is 1. The van der Waals surface area contributed by atoms with Crippen molar-refractivity contribution in [2.75, 3.05) is 26.9 Å². The van der Waals surface area contributed by atoms with Crippen molar-refractivity contribution in [3.8, 4) is 11.3 Å². The summed E-state index contributed by atoms with van der Waals surface area (Å²) in [5.74, 6) is 0.219. The summed E-state index contributed by atoms with van der Waals surface area (Å²) in [5, 5.41) is 11.5. The molecule has 0 radical (unpaired) electrons. The van der Waals surface area contributed by atoms with Gasteiger partial charge in [0, 0.05) is 47.4 Å². The number of fused-ring (bicyclic) bond motifs is 3. The van der Waals surface area contributed by atoms with E-state index in [2.05, 4.69) is 65.5 Å². The average molecular weight is 671 g/mol. The number of aromatic nitrogens is 2. The molecule has 0 aliphatic carbocycles. The molecular weight excluding hydrogens is 622 g/mol. The molecule has 1 aromatic carbocycles. The van der Waals surface area contributed by atoms with Crippen molar-refractivity contribution in [1.29, 1.82) is 0 Å². The lowest BCUT2D eigenvalue weighted by molar-refractivity contribution is -0.0825. The lowest BCUT2D eigenvalue weighted by atomic mass is 9.80. The molecule has 1 amide bonds. The van der Waals surface area contributed by atoms with E-state index < -0.39 is 5.60 Å². The minimum Gasteiger partial charge on any atom is -0.444 e. The van der Waals surface area contributed by atoms with Crippen molar-refractivity contribution in [2.45, 2.75) is 104 Å². The van der Waals surface area contributed by atoms with Gasteiger partial charge in [-0.05, 0) is 101 Å². The van der Waals surface area contributed by atoms with Crippen molar-refractivity contribution < 1.29 is 24.1 Å². The van der Waals surface area contributed by atoms with Crippen LogP contribution in [-0.4, -0.2) is 70.3 Å². The Morgan fingerprint density at radius 1 is 1.16 bits per heavy atom. The van der Waals surface area contributed by atoms with Gasteiger partial charge in [-0.1, -0.05) is 29.8 Å². The monoisotopic (exact) mass is 669 g/mol. The van der Waals surface area contributed by atoms with Gasteiger partial charge in [-0.2, -0.15) is 0 Å². The third-order valence-corrected chi connectivity index (χ3v) is 9.55. The normalized spacial score (nSPS) is 21.5. The van der Waals surface area contributed by atoms with Crippen LogP contribution in [0.5, 0.6) is 0 Å². The van der Waals surface area contributed by atoms with E-state index in [1.54, 1.807) is 7.11 Å². The quantitative estimate of drug-likeness (QED) is 0.265. The first-order chi connectivity index (χ1) is 20.8. The van der Waals surface area contributed by atoms with E-state index in [1.165, 1.54) is 10.9 Å². The van der Waals surface area contributed by atoms with Crippen LogP contribution in [0.25, 0.3) is 22.2 Å². The van der Waals surface area contributed by atoms with Crippen LogP contribution in [-0.2, 0) is 27.2 Å². The molecule has 3 aromatic rings. The minimum atomic E-state index is -0.550. The maximum atomic E-state index is 13.2. The topological polar surface area (TPSA) is 86.1 Å². The lowest BCUT2D eigenvalue weighted by Crippen LogP contribution is -2.59. The molecule has 44 heavy (non-hydrogen) atoms. The highest BCUT2D eigenvalue weighted by atomic mass is 79.9. The van der Waals surface area contributed by atoms with Crippen LogP contribution < -0.4 is 0 Å². The van der Waals surface area contributed by atoms with Crippen molar-refractivity contribution in [2.24, 2.45) is 5.41 Å². The number of piperidine rings is 1. The van der Waals surface area contributed by atoms with Crippen molar-refractivity contribution in [3.05, 3.63) is 51.8 Å². The molecule has 2 aromatic heterocycles. The molecule has 0 saturated carbocycles. The number of carbonyl (C=O) groups excluding carboxylic acids is 1. The Kier molecular flexibility index (Phi) is 9.53. The zero-order chi connectivity index (χ0) is 32.0. The first-order valence-corrected chi connectivity index (χ1v) is 16.6. The van der Waals surface area contributed by atoms with Crippen molar-refractivity contribution >= 4 is 32.9 Å². The first-order valence-electron chi connectivity index (χ1n) is 15.8. The molecule has 9 heteroatoms. The number of methoxy groups -OCH3 is 1. The molecule has 4 atom stereocenters. The van der Waals surface area contributed by atoms with Crippen LogP contribution in [0.4, 0.5) is 4.79 Å². The molecular formula is C35H48BrN3O5. The first kappa shape index (κ1) is 32.9. The Morgan fingerprint density at radius 2 is 1.84 bits per heavy atom. The van der Waals surface area contributed by atoms with Crippen LogP contribution in [0.15, 0.2) is 34.9 Å². The molecule has 1 unspecified atom stereocenters. The number of ether oxygens (including phenoxy) is 3. The van der Waals surface area contributed by atoms with Gasteiger partial charge < -0.3 is 23.9 Å². The van der Waals surface area contributed by atoms with Gasteiger partial charge in [0.2, 0.25) is 0 Å². The number of hydrogen-bond donors (Lipinski definition) is 1. The molecule has 2 aliphatic heterocycles. The zero-order valence-electron chi connectivity index (χ0n) is 27.4. The number of aryl methyl sites for hydroxylation is 1. The summed E-state index contributed by atoms with van der Waals surface area (Å²) >= 11 is 3.70. The molecule has 8 nitrogen and oxygen atoms in total. The summed E-state index contributed by atoms with van der Waals surface area (Å²) < 4.78 is 21.0. The van der Waals surface area contributed by atoms with Crippen LogP contribution in [0.3, 0.4) is 0 Å². The third kappa shape index (κ3) is 6.57. The third-order valence-electron chi connectivity index (χ3n) is 9.06. The second kappa shape index (κ2) is 12.7. The smallest absolute Gasteiger partial charge is 0.410 e. The molecule has 2 aliphatic rings. The van der Waals surface area contributed by atoms with E-state index in [4.69, 9.17) is 19.2 Å². The molecule has 2 bridgehead atoms. The fourth-order valence-corrected chi connectivity index (χ4v) is 7.25. The Balaban J connectivity index is 1.63. The second-order valence-corrected chi connectivity index (χ2v) is 15.1. The highest BCUT2D eigenvalue weighted by molar-refractivity contribution is 9.10. The molecule has 1 N–H and O–H groups in total. The van der Waals surface area contributed by atoms with Crippen LogP contribution in [0.2, 0.25) is 0 Å². The van der Waals surface area contributed by atoms with Gasteiger partial charge in [0.05, 0.1) is 42.8 Å². The zero-order valence-corrected chi connectivity index (χ0v) is 29.0. The van der Waals surface area contributed by atoms with E-state index in [9.17, 15) is 9.90 Å². The van der Waals surface area contributed by atoms with Crippen LogP contribution >= 0.6 is 15.9 Å². The number of rotatable bonds is 8. The number of nitrogens with zero attached hydrogens (tertiary/aromatic N) is 3. The number of pyridine rings is 1. The Hall–Kier alpha value is -2.46. The Morgan fingerprint density at radius 3 is 2.43 bits per heavy atom. The van der Waals surface area contributed by atoms with E-state index >= 15 is 0 Å². The van der Waals surface area contributed by atoms with Gasteiger partial charge in [0.1, 0.15) is 5.60 Å². The Bertz CT molecular complexity index is 1500. The number of aliphatic hydroxyl groups is 1. The number of halogens is 1. The van der Waals surface area contributed by atoms with Gasteiger partial charge in [-0.15, -0.1) is 0 Å². The maximum absolute atomic E-state index is 13.2. The van der Waals surface area contributed by atoms with Gasteiger partial charge in [-0.25, -0.2) is 4.79 Å². The molecule has 4 heterocycles. The van der Waals surface area contributed by atoms with Gasteiger partial charge in [-0.3, -0.25) is 9.88 Å². The van der Waals surface area contributed by atoms with Gasteiger partial charge >= 0.3 is 6.09 Å². The number of carbonyl (C=O) groups is 1. The highest BCUT2D eigenvalue weighted by Crippen LogP contribution is 2.44. The summed E-state index contributed by atoms with van der Waals surface area (Å²) in [5.41, 5.74) is 5.75. The molecule has 240 valence electrons. The molecule has 5 rings (SSSR count). The summed E-state index contributed by atoms with van der Waals surface area (Å²) in [4.78, 5) is 20.2. The number of hydrogen-bond acceptors (Lipinski definition) is 6. The maximum Gasteiger partial charge on any atom is 0.410 e. The summed E-state index contributed by atoms with van der Waals surface area (Å²) in [6.45, 7) is 16.0. The van der Waals surface area contributed by atoms with Gasteiger partial charge in [0.25, 0.3) is 0 Å². The standard InChI is InChI=1S/C35H48BrN3O5/c1-9-38-30-11-10-24(36)15-27(30)29(16-35(6,7)20-40)32(38)28-14-23(17-37-31(28)21(2)42-8)22-12-25-18-43-19-26(13-22)39(25)33(41)44-34(3,4)5/h10-11,14-15,17,21-22,25-26,40H,9,12-13,16,18-20H2,1-8H3/t21-,22?,25-,26+/m0/s1. The van der Waals surface area contributed by atoms with E-state index in [1.807, 2.05) is 38.8 Å². The van der Waals surface area contributed by atoms with Gasteiger partial charge in [0.15, 0.2) is 0 Å². The second-order valence-electron chi connectivity index (χ2n) is 14.2. The van der Waals surface area contributed by atoms with Crippen LogP contribution in [0, 0.1) is 5.41 Å². The summed E-state index contributed by atoms with van der Waals surface area (Å²) in [6.07, 6.45) is 3.81. The summed E-state index contributed by atoms with van der Waals surface area (Å²) in [6, 6.07) is 8.66. The molecule has 2 fully saturated rings. The average Bonchev–Trinajstić information content (AvgIpc) is 3.26. The van der Waals surface area contributed by atoms with Crippen molar-refractivity contribution in [1.82, 2.24) is 14.5 Å². The fraction of sp³-hybridized carbons (Fsp3) is 0.600. The number of aliphatic hydroxyl groups excluding tert-OH is 1. The highest BCUT2D eigenvalue weighted by Gasteiger charge is 2.44. The molecule has 0 spiro atoms. The molecule has 2 saturated heterocycles. The SMILES string of the molecule is CCn1c(-c2cc(C3C[C@H]4COC[C@@H](C3)N4C(=O)OC(C)(C)C)cnc2[C@H](C)OC)c(CC(C)(C)CO)c2cc(Br)ccc21.